The Labute approximate surface area is 135 Å². The molecule has 0 radical (unpaired) electrons. The molecule has 1 heterocycles. The van der Waals surface area contributed by atoms with E-state index in [2.05, 4.69) is 55.1 Å². The van der Waals surface area contributed by atoms with Crippen molar-refractivity contribution in [1.82, 2.24) is 10.3 Å². The Morgan fingerprint density at radius 2 is 1.95 bits per heavy atom. The summed E-state index contributed by atoms with van der Waals surface area (Å²) in [4.78, 5) is 6.17. The lowest BCUT2D eigenvalue weighted by Gasteiger charge is -2.17. The third-order valence-corrected chi connectivity index (χ3v) is 5.48. The SMILES string of the molecule is CSc1ccc(C(NC2CC2)c2nc(C(C)C)cs2)cc1. The van der Waals surface area contributed by atoms with Gasteiger partial charge in [0.25, 0.3) is 0 Å². The fraction of sp³-hybridized carbons (Fsp3) is 0.471. The van der Waals surface area contributed by atoms with Gasteiger partial charge in [-0.2, -0.15) is 0 Å². The number of thiazole rings is 1. The maximum absolute atomic E-state index is 4.86. The van der Waals surface area contributed by atoms with Crippen molar-refractivity contribution < 1.29 is 0 Å². The van der Waals surface area contributed by atoms with Crippen LogP contribution in [-0.4, -0.2) is 17.3 Å². The fourth-order valence-corrected chi connectivity index (χ4v) is 3.76. The molecule has 3 rings (SSSR count). The summed E-state index contributed by atoms with van der Waals surface area (Å²) < 4.78 is 0. The maximum Gasteiger partial charge on any atom is 0.114 e. The number of hydrogen-bond donors (Lipinski definition) is 1. The van der Waals surface area contributed by atoms with Gasteiger partial charge in [-0.15, -0.1) is 23.1 Å². The first-order valence-electron chi connectivity index (χ1n) is 7.52. The number of thioether (sulfide) groups is 1. The van der Waals surface area contributed by atoms with Crippen LogP contribution in [0.25, 0.3) is 0 Å². The summed E-state index contributed by atoms with van der Waals surface area (Å²) in [5.74, 6) is 0.496. The molecule has 1 aromatic heterocycles. The summed E-state index contributed by atoms with van der Waals surface area (Å²) in [7, 11) is 0. The molecule has 1 fully saturated rings. The second kappa shape index (κ2) is 6.51. The largest absolute Gasteiger partial charge is 0.301 e. The molecule has 1 aromatic carbocycles. The third kappa shape index (κ3) is 3.68. The van der Waals surface area contributed by atoms with E-state index in [1.807, 2.05) is 0 Å². The summed E-state index contributed by atoms with van der Waals surface area (Å²) in [6.07, 6.45) is 4.70. The molecule has 2 aromatic rings. The van der Waals surface area contributed by atoms with Crippen molar-refractivity contribution in [3.8, 4) is 0 Å². The lowest BCUT2D eigenvalue weighted by molar-refractivity contribution is 0.595. The minimum absolute atomic E-state index is 0.242. The zero-order valence-corrected chi connectivity index (χ0v) is 14.4. The molecule has 1 N–H and O–H groups in total. The van der Waals surface area contributed by atoms with Gasteiger partial charge in [-0.1, -0.05) is 26.0 Å². The second-order valence-electron chi connectivity index (χ2n) is 5.91. The Morgan fingerprint density at radius 1 is 1.24 bits per heavy atom. The number of nitrogens with zero attached hydrogens (tertiary/aromatic N) is 1. The summed E-state index contributed by atoms with van der Waals surface area (Å²) in [6.45, 7) is 4.41. The molecule has 1 saturated carbocycles. The second-order valence-corrected chi connectivity index (χ2v) is 7.68. The van der Waals surface area contributed by atoms with Gasteiger partial charge in [-0.05, 0) is 42.7 Å². The van der Waals surface area contributed by atoms with Crippen LogP contribution >= 0.6 is 23.1 Å². The van der Waals surface area contributed by atoms with E-state index in [1.54, 1.807) is 23.1 Å². The zero-order chi connectivity index (χ0) is 14.8. The minimum atomic E-state index is 0.242. The highest BCUT2D eigenvalue weighted by atomic mass is 32.2. The van der Waals surface area contributed by atoms with E-state index < -0.39 is 0 Å². The molecule has 2 nitrogen and oxygen atoms in total. The smallest absolute Gasteiger partial charge is 0.114 e. The highest BCUT2D eigenvalue weighted by molar-refractivity contribution is 7.98. The number of nitrogens with one attached hydrogen (secondary N) is 1. The van der Waals surface area contributed by atoms with E-state index in [0.29, 0.717) is 12.0 Å². The van der Waals surface area contributed by atoms with E-state index in [0.717, 1.165) is 0 Å². The van der Waals surface area contributed by atoms with Crippen LogP contribution in [0.15, 0.2) is 34.5 Å². The first kappa shape index (κ1) is 15.1. The first-order chi connectivity index (χ1) is 10.2. The van der Waals surface area contributed by atoms with Crippen molar-refractivity contribution in [2.24, 2.45) is 0 Å². The molecule has 0 aliphatic heterocycles. The van der Waals surface area contributed by atoms with E-state index in [1.165, 1.54) is 34.0 Å². The Hall–Kier alpha value is -0.840. The maximum atomic E-state index is 4.86. The molecule has 1 unspecified atom stereocenters. The van der Waals surface area contributed by atoms with Crippen molar-refractivity contribution >= 4 is 23.1 Å². The van der Waals surface area contributed by atoms with Crippen molar-refractivity contribution in [2.75, 3.05) is 6.26 Å². The molecule has 1 aliphatic rings. The lowest BCUT2D eigenvalue weighted by atomic mass is 10.1. The van der Waals surface area contributed by atoms with Crippen LogP contribution < -0.4 is 5.32 Å². The predicted octanol–water partition coefficient (Wildman–Crippen LogP) is 4.83. The normalized spacial score (nSPS) is 16.4. The standard InChI is InChI=1S/C17H22N2S2/c1-11(2)15-10-21-17(19-15)16(18-13-6-7-13)12-4-8-14(20-3)9-5-12/h4-5,8-11,13,16,18H,6-7H2,1-3H3. The first-order valence-corrected chi connectivity index (χ1v) is 9.63. The highest BCUT2D eigenvalue weighted by Crippen LogP contribution is 2.32. The van der Waals surface area contributed by atoms with Crippen molar-refractivity contribution in [3.05, 3.63) is 45.9 Å². The molecule has 0 spiro atoms. The van der Waals surface area contributed by atoms with Gasteiger partial charge >= 0.3 is 0 Å². The average molecular weight is 319 g/mol. The lowest BCUT2D eigenvalue weighted by Crippen LogP contribution is -2.24. The summed E-state index contributed by atoms with van der Waals surface area (Å²) >= 11 is 3.57. The van der Waals surface area contributed by atoms with Crippen molar-refractivity contribution in [2.45, 2.75) is 49.6 Å². The Morgan fingerprint density at radius 3 is 2.48 bits per heavy atom. The molecule has 21 heavy (non-hydrogen) atoms. The Kier molecular flexibility index (Phi) is 4.67. The van der Waals surface area contributed by atoms with Crippen LogP contribution in [0.5, 0.6) is 0 Å². The van der Waals surface area contributed by atoms with Gasteiger partial charge in [-0.25, -0.2) is 4.98 Å². The predicted molar refractivity (Wildman–Crippen MR) is 92.4 cm³/mol. The van der Waals surface area contributed by atoms with Crippen LogP contribution in [0.4, 0.5) is 0 Å². The molecular formula is C17H22N2S2. The Balaban J connectivity index is 1.87. The quantitative estimate of drug-likeness (QED) is 0.772. The van der Waals surface area contributed by atoms with Crippen molar-refractivity contribution in [3.63, 3.8) is 0 Å². The van der Waals surface area contributed by atoms with Crippen LogP contribution in [0.1, 0.15) is 54.9 Å². The van der Waals surface area contributed by atoms with Gasteiger partial charge in [0.15, 0.2) is 0 Å². The summed E-state index contributed by atoms with van der Waals surface area (Å²) in [5, 5.41) is 7.16. The summed E-state index contributed by atoms with van der Waals surface area (Å²) in [6, 6.07) is 9.80. The van der Waals surface area contributed by atoms with Gasteiger partial charge in [-0.3, -0.25) is 0 Å². The molecule has 1 atom stereocenters. The van der Waals surface area contributed by atoms with Gasteiger partial charge < -0.3 is 5.32 Å². The van der Waals surface area contributed by atoms with Crippen LogP contribution in [0, 0.1) is 0 Å². The molecule has 1 aliphatic carbocycles. The third-order valence-electron chi connectivity index (χ3n) is 3.81. The van der Waals surface area contributed by atoms with Gasteiger partial charge in [0.05, 0.1) is 11.7 Å². The molecule has 112 valence electrons. The van der Waals surface area contributed by atoms with E-state index in [9.17, 15) is 0 Å². The van der Waals surface area contributed by atoms with Crippen LogP contribution in [0.3, 0.4) is 0 Å². The molecule has 4 heteroatoms. The number of hydrogen-bond acceptors (Lipinski definition) is 4. The van der Waals surface area contributed by atoms with E-state index in [-0.39, 0.29) is 6.04 Å². The molecule has 0 saturated heterocycles. The van der Waals surface area contributed by atoms with E-state index in [4.69, 9.17) is 4.98 Å². The fourth-order valence-electron chi connectivity index (χ4n) is 2.29. The van der Waals surface area contributed by atoms with Crippen LogP contribution in [-0.2, 0) is 0 Å². The van der Waals surface area contributed by atoms with Gasteiger partial charge in [0.2, 0.25) is 0 Å². The van der Waals surface area contributed by atoms with Crippen molar-refractivity contribution in [1.29, 1.82) is 0 Å². The number of benzene rings is 1. The zero-order valence-electron chi connectivity index (χ0n) is 12.8. The monoisotopic (exact) mass is 318 g/mol. The topological polar surface area (TPSA) is 24.9 Å². The minimum Gasteiger partial charge on any atom is -0.301 e. The average Bonchev–Trinajstić information content (AvgIpc) is 3.18. The van der Waals surface area contributed by atoms with Gasteiger partial charge in [0.1, 0.15) is 5.01 Å². The highest BCUT2D eigenvalue weighted by Gasteiger charge is 2.28. The van der Waals surface area contributed by atoms with E-state index >= 15 is 0 Å². The molecule has 0 bridgehead atoms. The van der Waals surface area contributed by atoms with Gasteiger partial charge in [0, 0.05) is 16.3 Å². The Bertz CT molecular complexity index is 585. The van der Waals surface area contributed by atoms with Crippen LogP contribution in [0.2, 0.25) is 0 Å². The number of rotatable bonds is 6. The molecular weight excluding hydrogens is 296 g/mol. The number of aromatic nitrogens is 1. The molecule has 0 amide bonds. The summed E-state index contributed by atoms with van der Waals surface area (Å²) in [5.41, 5.74) is 2.53.